The Morgan fingerprint density at radius 1 is 0.947 bits per heavy atom. The number of nitrogens with one attached hydrogen (secondary N) is 1. The summed E-state index contributed by atoms with van der Waals surface area (Å²) in [5, 5.41) is 12.2. The summed E-state index contributed by atoms with van der Waals surface area (Å²) in [5.74, 6) is -2.82. The molecule has 4 heteroatoms. The molecule has 0 aliphatic heterocycles. The molecule has 2 aromatic carbocycles. The zero-order chi connectivity index (χ0) is 13.7. The predicted octanol–water partition coefficient (Wildman–Crippen LogP) is 3.27. The van der Waals surface area contributed by atoms with Crippen molar-refractivity contribution in [1.82, 2.24) is 5.32 Å². The van der Waals surface area contributed by atoms with Crippen LogP contribution in [-0.2, 0) is 12.5 Å². The highest BCUT2D eigenvalue weighted by atomic mass is 19.3. The minimum atomic E-state index is -2.92. The van der Waals surface area contributed by atoms with E-state index in [1.165, 1.54) is 18.2 Å². The van der Waals surface area contributed by atoms with Gasteiger partial charge in [-0.25, -0.2) is 0 Å². The number of alkyl halides is 2. The quantitative estimate of drug-likeness (QED) is 0.867. The highest BCUT2D eigenvalue weighted by Crippen LogP contribution is 2.26. The fraction of sp³-hybridized carbons (Fsp3) is 0.200. The maximum Gasteiger partial charge on any atom is 0.285 e. The molecule has 0 aliphatic carbocycles. The van der Waals surface area contributed by atoms with Crippen molar-refractivity contribution in [2.75, 3.05) is 6.54 Å². The van der Waals surface area contributed by atoms with E-state index in [-0.39, 0.29) is 17.9 Å². The summed E-state index contributed by atoms with van der Waals surface area (Å²) in [6, 6.07) is 14.4. The lowest BCUT2D eigenvalue weighted by molar-refractivity contribution is -0.00347. The van der Waals surface area contributed by atoms with Crippen LogP contribution in [0.25, 0.3) is 0 Å². The molecule has 0 aliphatic rings. The smallest absolute Gasteiger partial charge is 0.285 e. The Kier molecular flexibility index (Phi) is 4.12. The molecule has 0 saturated carbocycles. The van der Waals surface area contributed by atoms with Gasteiger partial charge in [0, 0.05) is 17.7 Å². The molecule has 2 rings (SSSR count). The summed E-state index contributed by atoms with van der Waals surface area (Å²) in [4.78, 5) is 0. The lowest BCUT2D eigenvalue weighted by Gasteiger charge is -2.17. The summed E-state index contributed by atoms with van der Waals surface area (Å²) in [7, 11) is 0. The molecular weight excluding hydrogens is 248 g/mol. The van der Waals surface area contributed by atoms with Gasteiger partial charge in [-0.05, 0) is 6.07 Å². The third-order valence-corrected chi connectivity index (χ3v) is 2.85. The van der Waals surface area contributed by atoms with E-state index in [1.54, 1.807) is 36.4 Å². The number of para-hydroxylation sites is 1. The van der Waals surface area contributed by atoms with E-state index >= 15 is 0 Å². The first-order valence-corrected chi connectivity index (χ1v) is 6.00. The number of phenolic OH excluding ortho intramolecular Hbond substituents is 1. The molecule has 0 saturated heterocycles. The lowest BCUT2D eigenvalue weighted by Crippen LogP contribution is -2.30. The fourth-order valence-corrected chi connectivity index (χ4v) is 1.80. The van der Waals surface area contributed by atoms with Crippen molar-refractivity contribution in [3.8, 4) is 5.75 Å². The van der Waals surface area contributed by atoms with Crippen LogP contribution in [0.15, 0.2) is 54.6 Å². The molecule has 2 nitrogen and oxygen atoms in total. The Morgan fingerprint density at radius 2 is 1.58 bits per heavy atom. The molecule has 2 N–H and O–H groups in total. The minimum absolute atomic E-state index is 0.0141. The van der Waals surface area contributed by atoms with Gasteiger partial charge in [-0.2, -0.15) is 8.78 Å². The minimum Gasteiger partial charge on any atom is -0.508 e. The van der Waals surface area contributed by atoms with E-state index in [0.717, 1.165) is 0 Å². The van der Waals surface area contributed by atoms with Crippen molar-refractivity contribution in [2.24, 2.45) is 0 Å². The van der Waals surface area contributed by atoms with Crippen molar-refractivity contribution in [3.05, 3.63) is 65.7 Å². The Labute approximate surface area is 110 Å². The third-order valence-electron chi connectivity index (χ3n) is 2.85. The van der Waals surface area contributed by atoms with Gasteiger partial charge in [-0.15, -0.1) is 0 Å². The van der Waals surface area contributed by atoms with Crippen molar-refractivity contribution in [3.63, 3.8) is 0 Å². The Bertz CT molecular complexity index is 529. The Balaban J connectivity index is 1.94. The summed E-state index contributed by atoms with van der Waals surface area (Å²) in [6.07, 6.45) is 0. The van der Waals surface area contributed by atoms with E-state index in [1.807, 2.05) is 0 Å². The highest BCUT2D eigenvalue weighted by molar-refractivity contribution is 5.31. The van der Waals surface area contributed by atoms with E-state index in [4.69, 9.17) is 0 Å². The van der Waals surface area contributed by atoms with Crippen LogP contribution in [0.1, 0.15) is 11.1 Å². The first kappa shape index (κ1) is 13.5. The average Bonchev–Trinajstić information content (AvgIpc) is 2.42. The summed E-state index contributed by atoms with van der Waals surface area (Å²) < 4.78 is 27.7. The van der Waals surface area contributed by atoms with Crippen LogP contribution in [0.3, 0.4) is 0 Å². The van der Waals surface area contributed by atoms with Crippen LogP contribution < -0.4 is 5.32 Å². The van der Waals surface area contributed by atoms with Crippen LogP contribution in [0.5, 0.6) is 5.75 Å². The molecule has 19 heavy (non-hydrogen) atoms. The second kappa shape index (κ2) is 5.80. The molecule has 0 unspecified atom stereocenters. The molecule has 0 bridgehead atoms. The monoisotopic (exact) mass is 263 g/mol. The normalized spacial score (nSPS) is 11.5. The average molecular weight is 263 g/mol. The van der Waals surface area contributed by atoms with Gasteiger partial charge >= 0.3 is 0 Å². The van der Waals surface area contributed by atoms with Crippen molar-refractivity contribution in [1.29, 1.82) is 0 Å². The molecule has 0 amide bonds. The van der Waals surface area contributed by atoms with Gasteiger partial charge < -0.3 is 10.4 Å². The van der Waals surface area contributed by atoms with Gasteiger partial charge in [0.15, 0.2) is 0 Å². The number of halogens is 2. The zero-order valence-corrected chi connectivity index (χ0v) is 10.3. The van der Waals surface area contributed by atoms with Gasteiger partial charge in [0.2, 0.25) is 0 Å². The highest BCUT2D eigenvalue weighted by Gasteiger charge is 2.30. The number of phenols is 1. The maximum atomic E-state index is 13.8. The largest absolute Gasteiger partial charge is 0.508 e. The van der Waals surface area contributed by atoms with Crippen molar-refractivity contribution < 1.29 is 13.9 Å². The topological polar surface area (TPSA) is 32.3 Å². The predicted molar refractivity (Wildman–Crippen MR) is 70.1 cm³/mol. The maximum absolute atomic E-state index is 13.8. The van der Waals surface area contributed by atoms with Gasteiger partial charge in [-0.1, -0.05) is 48.5 Å². The molecule has 0 atom stereocenters. The van der Waals surface area contributed by atoms with Gasteiger partial charge in [0.25, 0.3) is 5.92 Å². The lowest BCUT2D eigenvalue weighted by atomic mass is 10.1. The first-order valence-electron chi connectivity index (χ1n) is 6.00. The molecule has 0 heterocycles. The zero-order valence-electron chi connectivity index (χ0n) is 10.3. The Hall–Kier alpha value is -1.94. The van der Waals surface area contributed by atoms with E-state index < -0.39 is 12.5 Å². The molecule has 0 aromatic heterocycles. The van der Waals surface area contributed by atoms with E-state index in [0.29, 0.717) is 5.56 Å². The molecule has 0 spiro atoms. The van der Waals surface area contributed by atoms with E-state index in [2.05, 4.69) is 5.32 Å². The number of hydrogen-bond donors (Lipinski definition) is 2. The standard InChI is InChI=1S/C15H15F2NO/c16-15(17,13-7-2-1-3-8-13)11-18-10-12-6-4-5-9-14(12)19/h1-9,18-19H,10-11H2. The number of benzene rings is 2. The van der Waals surface area contributed by atoms with Crippen molar-refractivity contribution >= 4 is 0 Å². The second-order valence-electron chi connectivity index (χ2n) is 4.30. The van der Waals surface area contributed by atoms with Gasteiger partial charge in [0.05, 0.1) is 6.54 Å². The van der Waals surface area contributed by atoms with Crippen LogP contribution in [0.2, 0.25) is 0 Å². The first-order chi connectivity index (χ1) is 9.09. The number of rotatable bonds is 5. The number of hydrogen-bond acceptors (Lipinski definition) is 2. The summed E-state index contributed by atoms with van der Waals surface area (Å²) in [6.45, 7) is -0.263. The third kappa shape index (κ3) is 3.51. The SMILES string of the molecule is Oc1ccccc1CNCC(F)(F)c1ccccc1. The van der Waals surface area contributed by atoms with Crippen LogP contribution in [0.4, 0.5) is 8.78 Å². The van der Waals surface area contributed by atoms with Crippen LogP contribution in [0, 0.1) is 0 Å². The van der Waals surface area contributed by atoms with Gasteiger partial charge in [0.1, 0.15) is 5.75 Å². The summed E-state index contributed by atoms with van der Waals surface area (Å²) in [5.41, 5.74) is 0.589. The molecule has 100 valence electrons. The second-order valence-corrected chi connectivity index (χ2v) is 4.30. The molecule has 0 radical (unpaired) electrons. The van der Waals surface area contributed by atoms with Crippen LogP contribution >= 0.6 is 0 Å². The number of aromatic hydroxyl groups is 1. The molecular formula is C15H15F2NO. The molecule has 2 aromatic rings. The summed E-state index contributed by atoms with van der Waals surface area (Å²) >= 11 is 0. The van der Waals surface area contributed by atoms with E-state index in [9.17, 15) is 13.9 Å². The van der Waals surface area contributed by atoms with Crippen LogP contribution in [-0.4, -0.2) is 11.7 Å². The fourth-order valence-electron chi connectivity index (χ4n) is 1.80. The molecule has 0 fully saturated rings. The Morgan fingerprint density at radius 3 is 2.26 bits per heavy atom. The van der Waals surface area contributed by atoms with Gasteiger partial charge in [-0.3, -0.25) is 0 Å². The van der Waals surface area contributed by atoms with Crippen molar-refractivity contribution in [2.45, 2.75) is 12.5 Å².